The molecule has 1 N–H and O–H groups in total. The lowest BCUT2D eigenvalue weighted by molar-refractivity contribution is 0.407. The number of benzene rings is 1. The summed E-state index contributed by atoms with van der Waals surface area (Å²) in [6.07, 6.45) is 1.92. The molecule has 88 valence electrons. The Bertz CT molecular complexity index is 378. The zero-order chi connectivity index (χ0) is 11.5. The summed E-state index contributed by atoms with van der Waals surface area (Å²) in [5, 5.41) is 3.74. The lowest BCUT2D eigenvalue weighted by Gasteiger charge is -2.23. The van der Waals surface area contributed by atoms with Crippen molar-refractivity contribution in [3.63, 3.8) is 0 Å². The fourth-order valence-corrected chi connectivity index (χ4v) is 2.40. The minimum absolute atomic E-state index is 0.215. The minimum atomic E-state index is -0.215. The molecule has 0 amide bonds. The Kier molecular flexibility index (Phi) is 3.66. The van der Waals surface area contributed by atoms with Crippen molar-refractivity contribution in [1.82, 2.24) is 5.32 Å². The quantitative estimate of drug-likeness (QED) is 0.862. The highest BCUT2D eigenvalue weighted by molar-refractivity contribution is 6.32. The second kappa shape index (κ2) is 5.02. The molecule has 1 saturated heterocycles. The van der Waals surface area contributed by atoms with E-state index in [0.29, 0.717) is 16.3 Å². The third-order valence-electron chi connectivity index (χ3n) is 3.05. The number of nitrogens with one attached hydrogen (secondary N) is 1. The molecular weight excluding hydrogens is 229 g/mol. The molecular formula is C12H15ClFNO. The molecule has 0 unspecified atom stereocenters. The van der Waals surface area contributed by atoms with Gasteiger partial charge in [-0.15, -0.1) is 0 Å². The summed E-state index contributed by atoms with van der Waals surface area (Å²) in [6, 6.07) is 3.07. The third kappa shape index (κ3) is 2.30. The molecule has 1 aromatic carbocycles. The number of ether oxygens (including phenoxy) is 1. The first-order chi connectivity index (χ1) is 7.72. The summed E-state index contributed by atoms with van der Waals surface area (Å²) in [7, 11) is 1.49. The predicted octanol–water partition coefficient (Wildman–Crippen LogP) is 2.95. The molecule has 0 bridgehead atoms. The summed E-state index contributed by atoms with van der Waals surface area (Å²) in [4.78, 5) is 0. The molecule has 2 rings (SSSR count). The maximum Gasteiger partial charge on any atom is 0.140 e. The molecule has 1 aromatic rings. The summed E-state index contributed by atoms with van der Waals surface area (Å²) in [6.45, 7) is 1.88. The van der Waals surface area contributed by atoms with Crippen LogP contribution in [0.1, 0.15) is 24.3 Å². The molecule has 1 fully saturated rings. The Morgan fingerprint density at radius 1 is 1.38 bits per heavy atom. The van der Waals surface area contributed by atoms with Crippen molar-refractivity contribution in [3.8, 4) is 5.75 Å². The van der Waals surface area contributed by atoms with Crippen LogP contribution >= 0.6 is 11.6 Å². The molecule has 0 spiro atoms. The highest BCUT2D eigenvalue weighted by Crippen LogP contribution is 2.34. The fourth-order valence-electron chi connectivity index (χ4n) is 2.15. The third-order valence-corrected chi connectivity index (χ3v) is 3.35. The maximum absolute atomic E-state index is 13.8. The van der Waals surface area contributed by atoms with Gasteiger partial charge in [0.15, 0.2) is 0 Å². The molecule has 0 saturated carbocycles. The Morgan fingerprint density at radius 2 is 2.06 bits per heavy atom. The zero-order valence-corrected chi connectivity index (χ0v) is 9.98. The summed E-state index contributed by atoms with van der Waals surface area (Å²) in [5.41, 5.74) is 0.715. The van der Waals surface area contributed by atoms with Gasteiger partial charge in [0.1, 0.15) is 11.6 Å². The lowest BCUT2D eigenvalue weighted by atomic mass is 9.90. The number of piperidine rings is 1. The molecule has 1 heterocycles. The van der Waals surface area contributed by atoms with Crippen molar-refractivity contribution in [3.05, 3.63) is 28.5 Å². The lowest BCUT2D eigenvalue weighted by Crippen LogP contribution is -2.27. The van der Waals surface area contributed by atoms with Gasteiger partial charge in [0.2, 0.25) is 0 Å². The van der Waals surface area contributed by atoms with Crippen LogP contribution in [0.4, 0.5) is 4.39 Å². The number of rotatable bonds is 2. The SMILES string of the molecule is COc1cc(F)c(C2CCNCC2)cc1Cl. The molecule has 0 atom stereocenters. The number of halogens is 2. The van der Waals surface area contributed by atoms with Gasteiger partial charge in [0, 0.05) is 6.07 Å². The first-order valence-electron chi connectivity index (χ1n) is 5.46. The molecule has 0 radical (unpaired) electrons. The summed E-state index contributed by atoms with van der Waals surface area (Å²) < 4.78 is 18.8. The molecule has 16 heavy (non-hydrogen) atoms. The normalized spacial score (nSPS) is 17.4. The largest absolute Gasteiger partial charge is 0.495 e. The number of methoxy groups -OCH3 is 1. The summed E-state index contributed by atoms with van der Waals surface area (Å²) >= 11 is 6.01. The van der Waals surface area contributed by atoms with Gasteiger partial charge < -0.3 is 10.1 Å². The van der Waals surface area contributed by atoms with Gasteiger partial charge in [0.25, 0.3) is 0 Å². The van der Waals surface area contributed by atoms with E-state index in [1.54, 1.807) is 6.07 Å². The van der Waals surface area contributed by atoms with Crippen molar-refractivity contribution < 1.29 is 9.13 Å². The van der Waals surface area contributed by atoms with Gasteiger partial charge in [-0.1, -0.05) is 11.6 Å². The van der Waals surface area contributed by atoms with Crippen molar-refractivity contribution in [2.75, 3.05) is 20.2 Å². The van der Waals surface area contributed by atoms with Crippen molar-refractivity contribution in [2.24, 2.45) is 0 Å². The van der Waals surface area contributed by atoms with Crippen LogP contribution < -0.4 is 10.1 Å². The minimum Gasteiger partial charge on any atom is -0.495 e. The van der Waals surface area contributed by atoms with Crippen LogP contribution in [0.15, 0.2) is 12.1 Å². The second-order valence-corrected chi connectivity index (χ2v) is 4.44. The van der Waals surface area contributed by atoms with Gasteiger partial charge >= 0.3 is 0 Å². The first-order valence-corrected chi connectivity index (χ1v) is 5.84. The van der Waals surface area contributed by atoms with Crippen molar-refractivity contribution in [1.29, 1.82) is 0 Å². The standard InChI is InChI=1S/C12H15ClFNO/c1-16-12-7-11(14)9(6-10(12)13)8-2-4-15-5-3-8/h6-8,15H,2-5H2,1H3. The van der Waals surface area contributed by atoms with Crippen LogP contribution in [-0.4, -0.2) is 20.2 Å². The van der Waals surface area contributed by atoms with E-state index >= 15 is 0 Å². The Hall–Kier alpha value is -0.800. The number of hydrogen-bond donors (Lipinski definition) is 1. The molecule has 0 aliphatic carbocycles. The Morgan fingerprint density at radius 3 is 2.69 bits per heavy atom. The fraction of sp³-hybridized carbons (Fsp3) is 0.500. The highest BCUT2D eigenvalue weighted by Gasteiger charge is 2.20. The maximum atomic E-state index is 13.8. The zero-order valence-electron chi connectivity index (χ0n) is 9.22. The molecule has 2 nitrogen and oxygen atoms in total. The van der Waals surface area contributed by atoms with Gasteiger partial charge in [0.05, 0.1) is 12.1 Å². The monoisotopic (exact) mass is 243 g/mol. The molecule has 1 aliphatic rings. The highest BCUT2D eigenvalue weighted by atomic mass is 35.5. The van der Waals surface area contributed by atoms with Gasteiger partial charge in [-0.3, -0.25) is 0 Å². The average Bonchev–Trinajstić information content (AvgIpc) is 2.32. The average molecular weight is 244 g/mol. The van der Waals surface area contributed by atoms with Gasteiger partial charge in [-0.2, -0.15) is 0 Å². The van der Waals surface area contributed by atoms with E-state index in [0.717, 1.165) is 25.9 Å². The topological polar surface area (TPSA) is 21.3 Å². The van der Waals surface area contributed by atoms with Crippen LogP contribution in [0, 0.1) is 5.82 Å². The Balaban J connectivity index is 2.29. The first kappa shape index (κ1) is 11.7. The van der Waals surface area contributed by atoms with E-state index < -0.39 is 0 Å². The Labute approximate surface area is 99.7 Å². The van der Waals surface area contributed by atoms with Gasteiger partial charge in [-0.25, -0.2) is 4.39 Å². The van der Waals surface area contributed by atoms with E-state index in [1.165, 1.54) is 13.2 Å². The van der Waals surface area contributed by atoms with E-state index in [-0.39, 0.29) is 11.7 Å². The predicted molar refractivity (Wildman–Crippen MR) is 62.8 cm³/mol. The second-order valence-electron chi connectivity index (χ2n) is 4.03. The smallest absolute Gasteiger partial charge is 0.140 e. The molecule has 1 aliphatic heterocycles. The van der Waals surface area contributed by atoms with Crippen molar-refractivity contribution in [2.45, 2.75) is 18.8 Å². The van der Waals surface area contributed by atoms with E-state index in [9.17, 15) is 4.39 Å². The number of hydrogen-bond acceptors (Lipinski definition) is 2. The van der Waals surface area contributed by atoms with Crippen LogP contribution in [0.25, 0.3) is 0 Å². The van der Waals surface area contributed by atoms with E-state index in [4.69, 9.17) is 16.3 Å². The van der Waals surface area contributed by atoms with Crippen LogP contribution in [0.2, 0.25) is 5.02 Å². The van der Waals surface area contributed by atoms with E-state index in [1.807, 2.05) is 0 Å². The van der Waals surface area contributed by atoms with Gasteiger partial charge in [-0.05, 0) is 43.5 Å². The van der Waals surface area contributed by atoms with Crippen LogP contribution in [0.3, 0.4) is 0 Å². The van der Waals surface area contributed by atoms with E-state index in [2.05, 4.69) is 5.32 Å². The molecule has 0 aromatic heterocycles. The van der Waals surface area contributed by atoms with Crippen LogP contribution in [0.5, 0.6) is 5.75 Å². The molecule has 4 heteroatoms. The van der Waals surface area contributed by atoms with Crippen molar-refractivity contribution >= 4 is 11.6 Å². The van der Waals surface area contributed by atoms with Crippen LogP contribution in [-0.2, 0) is 0 Å². The summed E-state index contributed by atoms with van der Waals surface area (Å²) in [5.74, 6) is 0.453.